The van der Waals surface area contributed by atoms with Gasteiger partial charge in [-0.1, -0.05) is 42.5 Å². The lowest BCUT2D eigenvalue weighted by Crippen LogP contribution is -2.56. The Balaban J connectivity index is 1.76. The fourth-order valence-corrected chi connectivity index (χ4v) is 3.26. The van der Waals surface area contributed by atoms with Crippen LogP contribution in [-0.4, -0.2) is 48.3 Å². The predicted octanol–water partition coefficient (Wildman–Crippen LogP) is 0.132. The second-order valence-corrected chi connectivity index (χ2v) is 6.36. The number of hydrogen-bond acceptors (Lipinski definition) is 4. The van der Waals surface area contributed by atoms with Gasteiger partial charge >= 0.3 is 0 Å². The van der Waals surface area contributed by atoms with E-state index in [9.17, 15) is 14.4 Å². The van der Waals surface area contributed by atoms with Gasteiger partial charge in [0.2, 0.25) is 17.7 Å². The fourth-order valence-electron chi connectivity index (χ4n) is 3.26. The second kappa shape index (κ2) is 7.97. The number of fused-ring (bicyclic) bond motifs is 1. The molecule has 0 aliphatic carbocycles. The van der Waals surface area contributed by atoms with Gasteiger partial charge in [0.1, 0.15) is 0 Å². The lowest BCUT2D eigenvalue weighted by Gasteiger charge is -2.35. The van der Waals surface area contributed by atoms with Gasteiger partial charge in [-0.05, 0) is 16.3 Å². The summed E-state index contributed by atoms with van der Waals surface area (Å²) in [6, 6.07) is 13.6. The van der Waals surface area contributed by atoms with Crippen LogP contribution in [0.15, 0.2) is 42.5 Å². The van der Waals surface area contributed by atoms with Gasteiger partial charge in [-0.15, -0.1) is 0 Å². The highest BCUT2D eigenvalue weighted by molar-refractivity contribution is 5.90. The lowest BCUT2D eigenvalue weighted by molar-refractivity contribution is -0.134. The monoisotopic (exact) mass is 354 g/mol. The van der Waals surface area contributed by atoms with Crippen LogP contribution in [0.2, 0.25) is 0 Å². The third kappa shape index (κ3) is 4.18. The van der Waals surface area contributed by atoms with Gasteiger partial charge in [-0.3, -0.25) is 19.3 Å². The Morgan fingerprint density at radius 1 is 1.19 bits per heavy atom. The van der Waals surface area contributed by atoms with E-state index >= 15 is 0 Å². The van der Waals surface area contributed by atoms with Gasteiger partial charge in [0, 0.05) is 19.6 Å². The summed E-state index contributed by atoms with van der Waals surface area (Å²) in [6.45, 7) is 1.55. The molecule has 0 saturated carbocycles. The smallest absolute Gasteiger partial charge is 0.237 e. The molecule has 1 aliphatic heterocycles. The second-order valence-electron chi connectivity index (χ2n) is 6.36. The fraction of sp³-hybridized carbons (Fsp3) is 0.316. The Hall–Kier alpha value is -2.93. The predicted molar refractivity (Wildman–Crippen MR) is 98.0 cm³/mol. The van der Waals surface area contributed by atoms with Crippen LogP contribution in [0.25, 0.3) is 10.8 Å². The van der Waals surface area contributed by atoms with Crippen LogP contribution in [0.1, 0.15) is 12.0 Å². The Kier molecular flexibility index (Phi) is 5.48. The van der Waals surface area contributed by atoms with Crippen molar-refractivity contribution >= 4 is 28.5 Å². The maximum Gasteiger partial charge on any atom is 0.237 e. The van der Waals surface area contributed by atoms with E-state index in [4.69, 9.17) is 5.73 Å². The number of carbonyl (C=O) groups is 3. The van der Waals surface area contributed by atoms with Gasteiger partial charge in [-0.25, -0.2) is 0 Å². The number of nitrogens with zero attached hydrogens (tertiary/aromatic N) is 1. The number of nitrogens with two attached hydrogens (primary N) is 1. The Morgan fingerprint density at radius 2 is 1.96 bits per heavy atom. The molecule has 2 aromatic carbocycles. The molecule has 7 nitrogen and oxygen atoms in total. The molecule has 3 amide bonds. The number of piperazine rings is 1. The van der Waals surface area contributed by atoms with E-state index in [0.29, 0.717) is 19.6 Å². The minimum absolute atomic E-state index is 0.0100. The molecular weight excluding hydrogens is 332 g/mol. The van der Waals surface area contributed by atoms with Gasteiger partial charge < -0.3 is 16.4 Å². The molecule has 26 heavy (non-hydrogen) atoms. The molecule has 4 N–H and O–H groups in total. The van der Waals surface area contributed by atoms with Gasteiger partial charge in [0.05, 0.1) is 19.0 Å². The number of primary amides is 1. The largest absolute Gasteiger partial charge is 0.368 e. The molecule has 1 atom stereocenters. The summed E-state index contributed by atoms with van der Waals surface area (Å²) in [7, 11) is 0. The third-order valence-corrected chi connectivity index (χ3v) is 4.53. The van der Waals surface area contributed by atoms with Crippen LogP contribution in [-0.2, 0) is 20.9 Å². The number of rotatable bonds is 6. The molecular formula is C19H22N4O3. The topological polar surface area (TPSA) is 105 Å². The number of amides is 3. The number of nitrogens with one attached hydrogen (secondary N) is 2. The highest BCUT2D eigenvalue weighted by Crippen LogP contribution is 2.22. The zero-order chi connectivity index (χ0) is 18.5. The molecule has 1 aliphatic rings. The summed E-state index contributed by atoms with van der Waals surface area (Å²) in [4.78, 5) is 37.2. The first-order valence-electron chi connectivity index (χ1n) is 8.58. The molecule has 2 aromatic rings. The van der Waals surface area contributed by atoms with Crippen molar-refractivity contribution in [1.29, 1.82) is 0 Å². The summed E-state index contributed by atoms with van der Waals surface area (Å²) in [5.74, 6) is -1.15. The van der Waals surface area contributed by atoms with Crippen molar-refractivity contribution in [2.24, 2.45) is 5.73 Å². The van der Waals surface area contributed by atoms with Crippen molar-refractivity contribution in [2.75, 3.05) is 19.6 Å². The number of hydrogen-bond donors (Lipinski definition) is 3. The Bertz CT molecular complexity index is 831. The van der Waals surface area contributed by atoms with Crippen LogP contribution >= 0.6 is 0 Å². The molecule has 136 valence electrons. The minimum atomic E-state index is -0.612. The summed E-state index contributed by atoms with van der Waals surface area (Å²) in [5, 5.41) is 7.52. The van der Waals surface area contributed by atoms with Gasteiger partial charge in [0.25, 0.3) is 0 Å². The van der Waals surface area contributed by atoms with E-state index in [1.54, 1.807) is 0 Å². The maximum atomic E-state index is 12.3. The van der Waals surface area contributed by atoms with Crippen LogP contribution in [0.3, 0.4) is 0 Å². The Morgan fingerprint density at radius 3 is 2.77 bits per heavy atom. The van der Waals surface area contributed by atoms with Gasteiger partial charge in [0.15, 0.2) is 0 Å². The van der Waals surface area contributed by atoms with Crippen molar-refractivity contribution in [1.82, 2.24) is 15.5 Å². The van der Waals surface area contributed by atoms with E-state index in [1.165, 1.54) is 0 Å². The van der Waals surface area contributed by atoms with Crippen LogP contribution < -0.4 is 16.4 Å². The van der Waals surface area contributed by atoms with E-state index in [-0.39, 0.29) is 24.8 Å². The molecule has 1 saturated heterocycles. The molecule has 7 heteroatoms. The maximum absolute atomic E-state index is 12.3. The third-order valence-electron chi connectivity index (χ3n) is 4.53. The van der Waals surface area contributed by atoms with E-state index in [1.807, 2.05) is 29.2 Å². The molecule has 0 bridgehead atoms. The molecule has 0 unspecified atom stereocenters. The molecule has 0 aromatic heterocycles. The van der Waals surface area contributed by atoms with E-state index in [0.717, 1.165) is 16.3 Å². The van der Waals surface area contributed by atoms with Crippen LogP contribution in [0.5, 0.6) is 0 Å². The first kappa shape index (κ1) is 17.9. The molecule has 3 rings (SSSR count). The van der Waals surface area contributed by atoms with E-state index < -0.39 is 11.9 Å². The Labute approximate surface area is 151 Å². The molecule has 0 radical (unpaired) electrons. The van der Waals surface area contributed by atoms with Crippen molar-refractivity contribution in [3.8, 4) is 0 Å². The van der Waals surface area contributed by atoms with E-state index in [2.05, 4.69) is 28.8 Å². The van der Waals surface area contributed by atoms with Crippen molar-refractivity contribution in [3.05, 3.63) is 48.0 Å². The minimum Gasteiger partial charge on any atom is -0.368 e. The molecule has 0 spiro atoms. The summed E-state index contributed by atoms with van der Waals surface area (Å²) in [5.41, 5.74) is 6.15. The van der Waals surface area contributed by atoms with Crippen molar-refractivity contribution in [3.63, 3.8) is 0 Å². The standard InChI is InChI=1S/C19H22N4O3/c20-17(24)11-22-18(25)10-16-19(26)21-8-9-23(16)12-14-6-3-5-13-4-1-2-7-15(13)14/h1-7,16H,8-12H2,(H2,20,24)(H,21,26)(H,22,25)/t16-/m1/s1. The van der Waals surface area contributed by atoms with Gasteiger partial charge in [-0.2, -0.15) is 0 Å². The SMILES string of the molecule is NC(=O)CNC(=O)C[C@@H]1C(=O)NCCN1Cc1cccc2ccccc12. The number of benzene rings is 2. The van der Waals surface area contributed by atoms with Crippen LogP contribution in [0.4, 0.5) is 0 Å². The number of carbonyl (C=O) groups excluding carboxylic acids is 3. The van der Waals surface area contributed by atoms with Crippen LogP contribution in [0, 0.1) is 0 Å². The highest BCUT2D eigenvalue weighted by atomic mass is 16.2. The summed E-state index contributed by atoms with van der Waals surface area (Å²) in [6.07, 6.45) is -0.0100. The first-order valence-corrected chi connectivity index (χ1v) is 8.58. The quantitative estimate of drug-likeness (QED) is 0.686. The molecule has 1 fully saturated rings. The lowest BCUT2D eigenvalue weighted by atomic mass is 10.0. The van der Waals surface area contributed by atoms with Crippen molar-refractivity contribution < 1.29 is 14.4 Å². The summed E-state index contributed by atoms with van der Waals surface area (Å²) < 4.78 is 0. The first-order chi connectivity index (χ1) is 12.5. The zero-order valence-corrected chi connectivity index (χ0v) is 14.4. The zero-order valence-electron chi connectivity index (χ0n) is 14.4. The molecule has 1 heterocycles. The summed E-state index contributed by atoms with van der Waals surface area (Å²) >= 11 is 0. The average Bonchev–Trinajstić information content (AvgIpc) is 2.63. The highest BCUT2D eigenvalue weighted by Gasteiger charge is 2.31. The van der Waals surface area contributed by atoms with Crippen molar-refractivity contribution in [2.45, 2.75) is 19.0 Å². The average molecular weight is 354 g/mol. The normalized spacial score (nSPS) is 17.7.